The third kappa shape index (κ3) is 6.88. The number of nitrogens with zero attached hydrogens (tertiary/aromatic N) is 2. The van der Waals surface area contributed by atoms with Crippen molar-refractivity contribution >= 4 is 29.9 Å². The molecule has 0 saturated carbocycles. The SMILES string of the molecule is CCNC(=NCc1ccc(O)c(F)c1)NCC(C)(C)N1CCOCC1.I. The molecule has 148 valence electrons. The van der Waals surface area contributed by atoms with E-state index >= 15 is 0 Å². The number of ether oxygens (including phenoxy) is 1. The van der Waals surface area contributed by atoms with Crippen molar-refractivity contribution in [1.29, 1.82) is 0 Å². The van der Waals surface area contributed by atoms with Crippen LogP contribution in [0.1, 0.15) is 26.3 Å². The van der Waals surface area contributed by atoms with Crippen LogP contribution >= 0.6 is 24.0 Å². The van der Waals surface area contributed by atoms with Gasteiger partial charge in [-0.3, -0.25) is 4.90 Å². The highest BCUT2D eigenvalue weighted by Crippen LogP contribution is 2.17. The Morgan fingerprint density at radius 3 is 2.62 bits per heavy atom. The van der Waals surface area contributed by atoms with Crippen LogP contribution in [0.15, 0.2) is 23.2 Å². The third-order valence-electron chi connectivity index (χ3n) is 4.33. The lowest BCUT2D eigenvalue weighted by Crippen LogP contribution is -2.56. The van der Waals surface area contributed by atoms with E-state index < -0.39 is 5.82 Å². The number of benzene rings is 1. The Kier molecular flexibility index (Phi) is 9.59. The number of aliphatic imine (C=N–C) groups is 1. The van der Waals surface area contributed by atoms with Gasteiger partial charge in [0, 0.05) is 31.7 Å². The molecular formula is C18H30FIN4O2. The highest BCUT2D eigenvalue weighted by molar-refractivity contribution is 14.0. The molecule has 1 aromatic carbocycles. The second-order valence-corrected chi connectivity index (χ2v) is 6.75. The van der Waals surface area contributed by atoms with Gasteiger partial charge < -0.3 is 20.5 Å². The van der Waals surface area contributed by atoms with Crippen molar-refractivity contribution in [3.8, 4) is 5.75 Å². The van der Waals surface area contributed by atoms with Crippen LogP contribution in [0.2, 0.25) is 0 Å². The largest absolute Gasteiger partial charge is 0.505 e. The Bertz CT molecular complexity index is 593. The molecule has 0 amide bonds. The Hall–Kier alpha value is -1.13. The molecule has 6 nitrogen and oxygen atoms in total. The molecule has 0 aliphatic carbocycles. The summed E-state index contributed by atoms with van der Waals surface area (Å²) >= 11 is 0. The third-order valence-corrected chi connectivity index (χ3v) is 4.33. The molecule has 8 heteroatoms. The van der Waals surface area contributed by atoms with Gasteiger partial charge in [0.15, 0.2) is 17.5 Å². The van der Waals surface area contributed by atoms with E-state index in [1.54, 1.807) is 6.07 Å². The van der Waals surface area contributed by atoms with Gasteiger partial charge in [0.2, 0.25) is 0 Å². The topological polar surface area (TPSA) is 69.1 Å². The Morgan fingerprint density at radius 2 is 2.00 bits per heavy atom. The lowest BCUT2D eigenvalue weighted by molar-refractivity contribution is -0.00834. The number of guanidine groups is 1. The van der Waals surface area contributed by atoms with E-state index in [1.165, 1.54) is 12.1 Å². The molecule has 1 aliphatic rings. The van der Waals surface area contributed by atoms with Crippen molar-refractivity contribution in [2.45, 2.75) is 32.9 Å². The first-order valence-electron chi connectivity index (χ1n) is 8.75. The molecule has 0 unspecified atom stereocenters. The molecule has 0 aromatic heterocycles. The number of halogens is 2. The lowest BCUT2D eigenvalue weighted by Gasteiger charge is -2.41. The summed E-state index contributed by atoms with van der Waals surface area (Å²) in [5.41, 5.74) is 0.685. The summed E-state index contributed by atoms with van der Waals surface area (Å²) in [5.74, 6) is -0.276. The maximum absolute atomic E-state index is 13.4. The number of aromatic hydroxyl groups is 1. The minimum Gasteiger partial charge on any atom is -0.505 e. The van der Waals surface area contributed by atoms with E-state index in [0.29, 0.717) is 18.1 Å². The fourth-order valence-electron chi connectivity index (χ4n) is 2.74. The normalized spacial score (nSPS) is 16.1. The number of hydrogen-bond donors (Lipinski definition) is 3. The fraction of sp³-hybridized carbons (Fsp3) is 0.611. The zero-order chi connectivity index (χ0) is 18.3. The molecular weight excluding hydrogens is 450 g/mol. The first-order valence-corrected chi connectivity index (χ1v) is 8.75. The quantitative estimate of drug-likeness (QED) is 0.331. The van der Waals surface area contributed by atoms with Crippen LogP contribution in [0.3, 0.4) is 0 Å². The average Bonchev–Trinajstić information content (AvgIpc) is 2.61. The molecule has 0 spiro atoms. The summed E-state index contributed by atoms with van der Waals surface area (Å²) in [6.45, 7) is 11.6. The predicted octanol–water partition coefficient (Wildman–Crippen LogP) is 2.32. The first-order chi connectivity index (χ1) is 11.9. The minimum absolute atomic E-state index is 0. The molecule has 0 atom stereocenters. The summed E-state index contributed by atoms with van der Waals surface area (Å²) in [6, 6.07) is 4.32. The van der Waals surface area contributed by atoms with E-state index in [0.717, 1.165) is 39.4 Å². The van der Waals surface area contributed by atoms with E-state index in [-0.39, 0.29) is 35.3 Å². The molecule has 1 aromatic rings. The molecule has 26 heavy (non-hydrogen) atoms. The van der Waals surface area contributed by atoms with Gasteiger partial charge in [0.25, 0.3) is 0 Å². The van der Waals surface area contributed by atoms with Gasteiger partial charge in [0.05, 0.1) is 19.8 Å². The standard InChI is InChI=1S/C18H29FN4O2.HI/c1-4-20-17(21-12-14-5-6-16(24)15(19)11-14)22-13-18(2,3)23-7-9-25-10-8-23;/h5-6,11,24H,4,7-10,12-13H2,1-3H3,(H2,20,21,22);1H. The van der Waals surface area contributed by atoms with Gasteiger partial charge in [0.1, 0.15) is 0 Å². The van der Waals surface area contributed by atoms with Crippen LogP contribution in [0.25, 0.3) is 0 Å². The summed E-state index contributed by atoms with van der Waals surface area (Å²) in [4.78, 5) is 6.91. The van der Waals surface area contributed by atoms with Crippen molar-refractivity contribution in [3.63, 3.8) is 0 Å². The highest BCUT2D eigenvalue weighted by Gasteiger charge is 2.28. The number of phenolic OH excluding ortho intramolecular Hbond substituents is 1. The Morgan fingerprint density at radius 1 is 1.31 bits per heavy atom. The number of phenols is 1. The zero-order valence-electron chi connectivity index (χ0n) is 15.7. The van der Waals surface area contributed by atoms with E-state index in [2.05, 4.69) is 34.4 Å². The van der Waals surface area contributed by atoms with Gasteiger partial charge in [-0.15, -0.1) is 24.0 Å². The van der Waals surface area contributed by atoms with Gasteiger partial charge >= 0.3 is 0 Å². The maximum Gasteiger partial charge on any atom is 0.191 e. The van der Waals surface area contributed by atoms with Gasteiger partial charge in [-0.2, -0.15) is 0 Å². The highest BCUT2D eigenvalue weighted by atomic mass is 127. The average molecular weight is 480 g/mol. The van der Waals surface area contributed by atoms with Crippen molar-refractivity contribution in [3.05, 3.63) is 29.6 Å². The van der Waals surface area contributed by atoms with Crippen LogP contribution in [-0.4, -0.2) is 60.9 Å². The molecule has 0 bridgehead atoms. The van der Waals surface area contributed by atoms with Gasteiger partial charge in [-0.25, -0.2) is 9.38 Å². The smallest absolute Gasteiger partial charge is 0.191 e. The van der Waals surface area contributed by atoms with Crippen LogP contribution < -0.4 is 10.6 Å². The second kappa shape index (κ2) is 10.9. The predicted molar refractivity (Wildman–Crippen MR) is 113 cm³/mol. The van der Waals surface area contributed by atoms with Gasteiger partial charge in [-0.05, 0) is 38.5 Å². The Labute approximate surface area is 172 Å². The molecule has 2 rings (SSSR count). The number of morpholine rings is 1. The van der Waals surface area contributed by atoms with Crippen LogP contribution in [0, 0.1) is 5.82 Å². The van der Waals surface area contributed by atoms with Crippen LogP contribution in [0.5, 0.6) is 5.75 Å². The lowest BCUT2D eigenvalue weighted by atomic mass is 10.0. The molecule has 1 saturated heterocycles. The van der Waals surface area contributed by atoms with Crippen LogP contribution in [0.4, 0.5) is 4.39 Å². The summed E-state index contributed by atoms with van der Waals surface area (Å²) in [5, 5.41) is 15.8. The maximum atomic E-state index is 13.4. The number of hydrogen-bond acceptors (Lipinski definition) is 4. The van der Waals surface area contributed by atoms with E-state index in [9.17, 15) is 9.50 Å². The molecule has 3 N–H and O–H groups in total. The minimum atomic E-state index is -0.626. The molecule has 1 aliphatic heterocycles. The molecule has 1 fully saturated rings. The van der Waals surface area contributed by atoms with Gasteiger partial charge in [-0.1, -0.05) is 6.07 Å². The molecule has 1 heterocycles. The summed E-state index contributed by atoms with van der Waals surface area (Å²) in [6.07, 6.45) is 0. The van der Waals surface area contributed by atoms with E-state index in [4.69, 9.17) is 4.74 Å². The second-order valence-electron chi connectivity index (χ2n) is 6.75. The van der Waals surface area contributed by atoms with Crippen LogP contribution in [-0.2, 0) is 11.3 Å². The van der Waals surface area contributed by atoms with Crippen molar-refractivity contribution in [2.75, 3.05) is 39.4 Å². The Balaban J connectivity index is 0.00000338. The van der Waals surface area contributed by atoms with Crippen molar-refractivity contribution < 1.29 is 14.2 Å². The van der Waals surface area contributed by atoms with E-state index in [1.807, 2.05) is 6.92 Å². The number of nitrogens with one attached hydrogen (secondary N) is 2. The monoisotopic (exact) mass is 480 g/mol. The van der Waals surface area contributed by atoms with Crippen molar-refractivity contribution in [2.24, 2.45) is 4.99 Å². The number of rotatable bonds is 6. The summed E-state index contributed by atoms with van der Waals surface area (Å²) in [7, 11) is 0. The zero-order valence-corrected chi connectivity index (χ0v) is 18.0. The van der Waals surface area contributed by atoms with Crippen molar-refractivity contribution in [1.82, 2.24) is 15.5 Å². The first kappa shape index (κ1) is 22.9. The fourth-order valence-corrected chi connectivity index (χ4v) is 2.74. The summed E-state index contributed by atoms with van der Waals surface area (Å²) < 4.78 is 18.8. The molecule has 0 radical (unpaired) electrons.